The lowest BCUT2D eigenvalue weighted by Crippen LogP contribution is -2.15. The fourth-order valence-corrected chi connectivity index (χ4v) is 2.12. The van der Waals surface area contributed by atoms with E-state index in [4.69, 9.17) is 20.3 Å². The van der Waals surface area contributed by atoms with Gasteiger partial charge in [-0.15, -0.1) is 0 Å². The van der Waals surface area contributed by atoms with E-state index in [0.717, 1.165) is 5.69 Å². The van der Waals surface area contributed by atoms with Gasteiger partial charge in [-0.05, 0) is 30.3 Å². The molecule has 0 saturated heterocycles. The van der Waals surface area contributed by atoms with Gasteiger partial charge >= 0.3 is 5.97 Å². The molecule has 2 aromatic rings. The van der Waals surface area contributed by atoms with Gasteiger partial charge in [0.1, 0.15) is 13.2 Å². The van der Waals surface area contributed by atoms with Crippen LogP contribution < -0.4 is 20.5 Å². The van der Waals surface area contributed by atoms with Crippen molar-refractivity contribution in [2.45, 2.75) is 0 Å². The normalized spacial score (nSPS) is 12.8. The molecule has 1 heterocycles. The molecule has 0 fully saturated rings. The van der Waals surface area contributed by atoms with Gasteiger partial charge in [0.2, 0.25) is 0 Å². The monoisotopic (exact) mass is 286 g/mol. The average Bonchev–Trinajstić information content (AvgIpc) is 2.47. The van der Waals surface area contributed by atoms with Crippen LogP contribution in [-0.4, -0.2) is 24.3 Å². The molecule has 0 saturated carbocycles. The maximum Gasteiger partial charge on any atom is 0.337 e. The van der Waals surface area contributed by atoms with Gasteiger partial charge in [0.15, 0.2) is 11.5 Å². The predicted octanol–water partition coefficient (Wildman–Crippen LogP) is 2.48. The van der Waals surface area contributed by atoms with Crippen LogP contribution in [0, 0.1) is 0 Å². The zero-order chi connectivity index (χ0) is 14.8. The van der Waals surface area contributed by atoms with Crippen molar-refractivity contribution < 1.29 is 19.4 Å². The second-order valence-electron chi connectivity index (χ2n) is 4.59. The molecule has 0 amide bonds. The summed E-state index contributed by atoms with van der Waals surface area (Å²) in [6.45, 7) is 1.07. The number of nitrogen functional groups attached to an aromatic ring is 1. The molecule has 108 valence electrons. The summed E-state index contributed by atoms with van der Waals surface area (Å²) in [5, 5.41) is 12.1. The minimum absolute atomic E-state index is 0.0859. The van der Waals surface area contributed by atoms with Gasteiger partial charge < -0.3 is 25.6 Å². The van der Waals surface area contributed by atoms with Crippen LogP contribution in [0.5, 0.6) is 11.5 Å². The number of hydrogen-bond donors (Lipinski definition) is 3. The Bertz CT molecular complexity index is 700. The Labute approximate surface area is 121 Å². The number of aromatic carboxylic acids is 1. The van der Waals surface area contributed by atoms with Gasteiger partial charge in [0.05, 0.1) is 5.56 Å². The third-order valence-electron chi connectivity index (χ3n) is 3.11. The lowest BCUT2D eigenvalue weighted by atomic mass is 10.1. The first kappa shape index (κ1) is 13.1. The highest BCUT2D eigenvalue weighted by molar-refractivity contribution is 5.94. The number of hydrogen-bond acceptors (Lipinski definition) is 5. The van der Waals surface area contributed by atoms with Gasteiger partial charge in [-0.1, -0.05) is 0 Å². The Morgan fingerprint density at radius 1 is 1.05 bits per heavy atom. The van der Waals surface area contributed by atoms with Crippen LogP contribution in [0.1, 0.15) is 10.4 Å². The minimum atomic E-state index is -1.04. The zero-order valence-electron chi connectivity index (χ0n) is 11.1. The quantitative estimate of drug-likeness (QED) is 0.750. The van der Waals surface area contributed by atoms with Crippen molar-refractivity contribution >= 4 is 23.0 Å². The van der Waals surface area contributed by atoms with Crippen molar-refractivity contribution in [2.24, 2.45) is 0 Å². The third-order valence-corrected chi connectivity index (χ3v) is 3.11. The van der Waals surface area contributed by atoms with Crippen LogP contribution in [-0.2, 0) is 0 Å². The predicted molar refractivity (Wildman–Crippen MR) is 78.5 cm³/mol. The Balaban J connectivity index is 1.83. The van der Waals surface area contributed by atoms with Crippen molar-refractivity contribution in [1.82, 2.24) is 0 Å². The number of nitrogens with two attached hydrogens (primary N) is 1. The number of carboxylic acids is 1. The van der Waals surface area contributed by atoms with E-state index in [9.17, 15) is 4.79 Å². The first-order valence-electron chi connectivity index (χ1n) is 6.43. The maximum absolute atomic E-state index is 10.9. The summed E-state index contributed by atoms with van der Waals surface area (Å²) < 4.78 is 11.0. The van der Waals surface area contributed by atoms with Gasteiger partial charge in [-0.2, -0.15) is 0 Å². The Kier molecular flexibility index (Phi) is 3.27. The fraction of sp³-hybridized carbons (Fsp3) is 0.133. The molecule has 1 aliphatic rings. The number of ether oxygens (including phenoxy) is 2. The van der Waals surface area contributed by atoms with Gasteiger partial charge in [-0.25, -0.2) is 4.79 Å². The molecule has 0 unspecified atom stereocenters. The molecule has 0 atom stereocenters. The number of rotatable bonds is 3. The van der Waals surface area contributed by atoms with Crippen molar-refractivity contribution in [3.63, 3.8) is 0 Å². The molecule has 2 aromatic carbocycles. The zero-order valence-corrected chi connectivity index (χ0v) is 11.1. The molecule has 1 aliphatic heterocycles. The number of benzene rings is 2. The second kappa shape index (κ2) is 5.24. The SMILES string of the molecule is Nc1cc(Nc2ccc3c(c2)OCCO3)ccc1C(=O)O. The van der Waals surface area contributed by atoms with E-state index in [2.05, 4.69) is 5.32 Å². The maximum atomic E-state index is 10.9. The molecule has 4 N–H and O–H groups in total. The first-order chi connectivity index (χ1) is 10.1. The Morgan fingerprint density at radius 2 is 1.71 bits per heavy atom. The number of carboxylic acid groups (broad SMARTS) is 1. The molecule has 21 heavy (non-hydrogen) atoms. The molecule has 0 aromatic heterocycles. The lowest BCUT2D eigenvalue weighted by molar-refractivity contribution is 0.0698. The minimum Gasteiger partial charge on any atom is -0.486 e. The molecule has 0 radical (unpaired) electrons. The van der Waals surface area contributed by atoms with Crippen molar-refractivity contribution in [3.8, 4) is 11.5 Å². The molecule has 6 nitrogen and oxygen atoms in total. The van der Waals surface area contributed by atoms with E-state index in [-0.39, 0.29) is 11.3 Å². The van der Waals surface area contributed by atoms with E-state index < -0.39 is 5.97 Å². The first-order valence-corrected chi connectivity index (χ1v) is 6.43. The van der Waals surface area contributed by atoms with Gasteiger partial charge in [-0.3, -0.25) is 0 Å². The third kappa shape index (κ3) is 2.69. The Morgan fingerprint density at radius 3 is 2.43 bits per heavy atom. The number of fused-ring (bicyclic) bond motifs is 1. The Hall–Kier alpha value is -2.89. The largest absolute Gasteiger partial charge is 0.486 e. The van der Waals surface area contributed by atoms with Crippen LogP contribution >= 0.6 is 0 Å². The van der Waals surface area contributed by atoms with Gasteiger partial charge in [0, 0.05) is 23.1 Å². The molecule has 0 bridgehead atoms. The summed E-state index contributed by atoms with van der Waals surface area (Å²) in [6, 6.07) is 10.2. The molecular formula is C15H14N2O4. The molecule has 3 rings (SSSR count). The highest BCUT2D eigenvalue weighted by atomic mass is 16.6. The smallest absolute Gasteiger partial charge is 0.337 e. The summed E-state index contributed by atoms with van der Waals surface area (Å²) >= 11 is 0. The van der Waals surface area contributed by atoms with Crippen molar-refractivity contribution in [3.05, 3.63) is 42.0 Å². The molecule has 0 spiro atoms. The molecule has 0 aliphatic carbocycles. The molecule has 6 heteroatoms. The summed E-state index contributed by atoms with van der Waals surface area (Å²) in [7, 11) is 0. The van der Waals surface area contributed by atoms with Crippen molar-refractivity contribution in [1.29, 1.82) is 0 Å². The topological polar surface area (TPSA) is 93.8 Å². The molecular weight excluding hydrogens is 272 g/mol. The summed E-state index contributed by atoms with van der Waals surface area (Å²) in [6.07, 6.45) is 0. The summed E-state index contributed by atoms with van der Waals surface area (Å²) in [5.41, 5.74) is 7.53. The van der Waals surface area contributed by atoms with Crippen LogP contribution in [0.15, 0.2) is 36.4 Å². The van der Waals surface area contributed by atoms with Crippen LogP contribution in [0.2, 0.25) is 0 Å². The highest BCUT2D eigenvalue weighted by Crippen LogP contribution is 2.33. The van der Waals surface area contributed by atoms with Crippen LogP contribution in [0.4, 0.5) is 17.1 Å². The number of carbonyl (C=O) groups is 1. The second-order valence-corrected chi connectivity index (χ2v) is 4.59. The van der Waals surface area contributed by atoms with E-state index in [1.807, 2.05) is 18.2 Å². The lowest BCUT2D eigenvalue weighted by Gasteiger charge is -2.19. The van der Waals surface area contributed by atoms with E-state index in [1.54, 1.807) is 12.1 Å². The summed E-state index contributed by atoms with van der Waals surface area (Å²) in [5.74, 6) is 0.354. The number of nitrogens with one attached hydrogen (secondary N) is 1. The van der Waals surface area contributed by atoms with E-state index >= 15 is 0 Å². The van der Waals surface area contributed by atoms with E-state index in [0.29, 0.717) is 30.4 Å². The van der Waals surface area contributed by atoms with Crippen LogP contribution in [0.25, 0.3) is 0 Å². The van der Waals surface area contributed by atoms with Gasteiger partial charge in [0.25, 0.3) is 0 Å². The highest BCUT2D eigenvalue weighted by Gasteiger charge is 2.12. The summed E-state index contributed by atoms with van der Waals surface area (Å²) in [4.78, 5) is 10.9. The van der Waals surface area contributed by atoms with Crippen LogP contribution in [0.3, 0.4) is 0 Å². The average molecular weight is 286 g/mol. The standard InChI is InChI=1S/C15H14N2O4/c16-12-7-9(1-3-11(12)15(18)19)17-10-2-4-13-14(8-10)21-6-5-20-13/h1-4,7-8,17H,5-6,16H2,(H,18,19). The van der Waals surface area contributed by atoms with E-state index in [1.165, 1.54) is 6.07 Å². The number of anilines is 3. The fourth-order valence-electron chi connectivity index (χ4n) is 2.12. The van der Waals surface area contributed by atoms with Crippen molar-refractivity contribution in [2.75, 3.05) is 24.3 Å².